The van der Waals surface area contributed by atoms with E-state index in [1.54, 1.807) is 7.11 Å². The van der Waals surface area contributed by atoms with Gasteiger partial charge in [0.15, 0.2) is 5.78 Å². The molecular formula is C27H31N5O2. The van der Waals surface area contributed by atoms with Crippen LogP contribution in [0.25, 0.3) is 0 Å². The van der Waals surface area contributed by atoms with Gasteiger partial charge in [-0.25, -0.2) is 4.98 Å². The first-order valence-electron chi connectivity index (χ1n) is 11.9. The van der Waals surface area contributed by atoms with Crippen molar-refractivity contribution in [1.82, 2.24) is 9.97 Å². The van der Waals surface area contributed by atoms with Crippen LogP contribution in [0.4, 0.5) is 23.1 Å². The van der Waals surface area contributed by atoms with Gasteiger partial charge in [0.25, 0.3) is 0 Å². The highest BCUT2D eigenvalue weighted by Crippen LogP contribution is 2.32. The Labute approximate surface area is 200 Å². The molecule has 1 N–H and O–H groups in total. The van der Waals surface area contributed by atoms with Crippen LogP contribution < -0.4 is 19.9 Å². The maximum Gasteiger partial charge on any atom is 0.227 e. The van der Waals surface area contributed by atoms with Crippen molar-refractivity contribution in [1.29, 1.82) is 0 Å². The van der Waals surface area contributed by atoms with Gasteiger partial charge in [-0.05, 0) is 55.7 Å². The van der Waals surface area contributed by atoms with Gasteiger partial charge in [-0.1, -0.05) is 24.6 Å². The van der Waals surface area contributed by atoms with E-state index in [0.29, 0.717) is 29.7 Å². The van der Waals surface area contributed by atoms with Crippen molar-refractivity contribution in [2.75, 3.05) is 48.4 Å². The zero-order valence-corrected chi connectivity index (χ0v) is 20.0. The summed E-state index contributed by atoms with van der Waals surface area (Å²) in [7, 11) is 1.68. The van der Waals surface area contributed by atoms with E-state index in [0.717, 1.165) is 49.7 Å². The highest BCUT2D eigenvalue weighted by atomic mass is 16.5. The number of ether oxygens (including phenoxy) is 1. The topological polar surface area (TPSA) is 70.6 Å². The Morgan fingerprint density at radius 1 is 0.912 bits per heavy atom. The zero-order chi connectivity index (χ0) is 23.7. The molecule has 1 aliphatic heterocycles. The summed E-state index contributed by atoms with van der Waals surface area (Å²) in [5, 5.41) is 3.41. The van der Waals surface area contributed by atoms with E-state index in [1.807, 2.05) is 24.3 Å². The number of ketones is 1. The predicted octanol–water partition coefficient (Wildman–Crippen LogP) is 4.63. The molecule has 0 spiro atoms. The normalized spacial score (nSPS) is 18.0. The van der Waals surface area contributed by atoms with E-state index >= 15 is 0 Å². The molecule has 2 aromatic carbocycles. The molecule has 1 aromatic heterocycles. The van der Waals surface area contributed by atoms with Crippen LogP contribution in [0.15, 0.2) is 48.5 Å². The van der Waals surface area contributed by atoms with Gasteiger partial charge in [-0.3, -0.25) is 4.79 Å². The quantitative estimate of drug-likeness (QED) is 0.599. The summed E-state index contributed by atoms with van der Waals surface area (Å²) in [4.78, 5) is 27.3. The number of benzene rings is 2. The van der Waals surface area contributed by atoms with E-state index in [-0.39, 0.29) is 5.78 Å². The molecule has 1 fully saturated rings. The summed E-state index contributed by atoms with van der Waals surface area (Å²) in [5.74, 6) is 2.60. The van der Waals surface area contributed by atoms with Gasteiger partial charge < -0.3 is 19.9 Å². The fourth-order valence-electron chi connectivity index (χ4n) is 4.72. The molecule has 5 rings (SSSR count). The van der Waals surface area contributed by atoms with Crippen molar-refractivity contribution in [3.63, 3.8) is 0 Å². The number of hydrogen-bond donors (Lipinski definition) is 1. The van der Waals surface area contributed by atoms with Crippen LogP contribution in [0, 0.1) is 12.8 Å². The number of fused-ring (bicyclic) bond motifs is 1. The van der Waals surface area contributed by atoms with Crippen LogP contribution in [0.3, 0.4) is 0 Å². The molecule has 0 radical (unpaired) electrons. The van der Waals surface area contributed by atoms with E-state index in [2.05, 4.69) is 53.2 Å². The van der Waals surface area contributed by atoms with Crippen molar-refractivity contribution in [3.8, 4) is 5.75 Å². The van der Waals surface area contributed by atoms with E-state index < -0.39 is 0 Å². The number of Topliss-reactive ketones (excluding diaryl/α,β-unsaturated/α-hetero) is 1. The van der Waals surface area contributed by atoms with Crippen LogP contribution in [0.5, 0.6) is 5.75 Å². The molecule has 7 nitrogen and oxygen atoms in total. The minimum atomic E-state index is 0.124. The second-order valence-corrected chi connectivity index (χ2v) is 9.29. The number of methoxy groups -OCH3 is 1. The van der Waals surface area contributed by atoms with Gasteiger partial charge >= 0.3 is 0 Å². The van der Waals surface area contributed by atoms with E-state index in [1.165, 1.54) is 11.3 Å². The lowest BCUT2D eigenvalue weighted by atomic mass is 9.87. The number of rotatable bonds is 5. The average Bonchev–Trinajstić information content (AvgIpc) is 2.85. The van der Waals surface area contributed by atoms with Crippen LogP contribution in [-0.2, 0) is 6.42 Å². The first-order chi connectivity index (χ1) is 16.5. The highest BCUT2D eigenvalue weighted by Gasteiger charge is 2.30. The van der Waals surface area contributed by atoms with Crippen molar-refractivity contribution in [2.45, 2.75) is 26.7 Å². The van der Waals surface area contributed by atoms with Gasteiger partial charge in [0.1, 0.15) is 11.6 Å². The molecule has 2 heterocycles. The number of nitrogens with zero attached hydrogens (tertiary/aromatic N) is 4. The lowest BCUT2D eigenvalue weighted by Gasteiger charge is -2.36. The number of aromatic nitrogens is 2. The van der Waals surface area contributed by atoms with Crippen LogP contribution in [-0.4, -0.2) is 49.0 Å². The van der Waals surface area contributed by atoms with Gasteiger partial charge in [-0.2, -0.15) is 4.98 Å². The number of aryl methyl sites for hydroxylation is 1. The number of anilines is 4. The fourth-order valence-corrected chi connectivity index (χ4v) is 4.72. The summed E-state index contributed by atoms with van der Waals surface area (Å²) < 4.78 is 5.28. The second kappa shape index (κ2) is 9.33. The van der Waals surface area contributed by atoms with E-state index in [9.17, 15) is 4.79 Å². The van der Waals surface area contributed by atoms with Gasteiger partial charge in [0, 0.05) is 44.0 Å². The van der Waals surface area contributed by atoms with Crippen molar-refractivity contribution in [2.24, 2.45) is 5.92 Å². The molecule has 7 heteroatoms. The summed E-state index contributed by atoms with van der Waals surface area (Å²) in [5.41, 5.74) is 4.82. The smallest absolute Gasteiger partial charge is 0.227 e. The average molecular weight is 458 g/mol. The van der Waals surface area contributed by atoms with Crippen molar-refractivity contribution >= 4 is 28.9 Å². The number of carbonyl (C=O) groups is 1. The lowest BCUT2D eigenvalue weighted by Crippen LogP contribution is -2.47. The molecule has 3 aromatic rings. The third-order valence-corrected chi connectivity index (χ3v) is 6.64. The second-order valence-electron chi connectivity index (χ2n) is 9.29. The monoisotopic (exact) mass is 457 g/mol. The van der Waals surface area contributed by atoms with E-state index in [4.69, 9.17) is 14.7 Å². The maximum absolute atomic E-state index is 12.9. The van der Waals surface area contributed by atoms with Gasteiger partial charge in [-0.15, -0.1) is 0 Å². The van der Waals surface area contributed by atoms with Crippen LogP contribution >= 0.6 is 0 Å². The third-order valence-electron chi connectivity index (χ3n) is 6.64. The Hall–Kier alpha value is -3.61. The van der Waals surface area contributed by atoms with Crippen molar-refractivity contribution in [3.05, 3.63) is 65.4 Å². The minimum Gasteiger partial charge on any atom is -0.497 e. The lowest BCUT2D eigenvalue weighted by molar-refractivity contribution is 0.0952. The number of nitrogens with one attached hydrogen (secondary N) is 1. The molecular weight excluding hydrogens is 426 g/mol. The Kier molecular flexibility index (Phi) is 6.09. The molecule has 1 unspecified atom stereocenters. The maximum atomic E-state index is 12.9. The highest BCUT2D eigenvalue weighted by molar-refractivity contribution is 6.03. The van der Waals surface area contributed by atoms with Gasteiger partial charge in [0.2, 0.25) is 5.95 Å². The first kappa shape index (κ1) is 22.2. The van der Waals surface area contributed by atoms with Crippen LogP contribution in [0.1, 0.15) is 35.0 Å². The Morgan fingerprint density at radius 2 is 1.59 bits per heavy atom. The molecule has 0 amide bonds. The number of piperazine rings is 1. The van der Waals surface area contributed by atoms with Crippen LogP contribution in [0.2, 0.25) is 0 Å². The SMILES string of the molecule is COc1ccc(N2CCN(c3nc4c(c(Nc5ccc(C)cc5)n3)C(=O)CC(C)C4)CC2)cc1. The number of hydrogen-bond acceptors (Lipinski definition) is 7. The summed E-state index contributed by atoms with van der Waals surface area (Å²) in [6, 6.07) is 16.3. The Balaban J connectivity index is 1.39. The standard InChI is InChI=1S/C27H31N5O2/c1-18-4-6-20(7-5-18)28-26-25-23(16-19(2)17-24(25)33)29-27(30-26)32-14-12-31(13-15-32)21-8-10-22(34-3)11-9-21/h4-11,19H,12-17H2,1-3H3,(H,28,29,30). The zero-order valence-electron chi connectivity index (χ0n) is 20.0. The molecule has 2 aliphatic rings. The molecule has 176 valence electrons. The molecule has 1 aliphatic carbocycles. The molecule has 0 bridgehead atoms. The third kappa shape index (κ3) is 4.55. The van der Waals surface area contributed by atoms with Gasteiger partial charge in [0.05, 0.1) is 18.4 Å². The predicted molar refractivity (Wildman–Crippen MR) is 136 cm³/mol. The largest absolute Gasteiger partial charge is 0.497 e. The summed E-state index contributed by atoms with van der Waals surface area (Å²) in [6.45, 7) is 7.57. The Morgan fingerprint density at radius 3 is 2.26 bits per heavy atom. The first-order valence-corrected chi connectivity index (χ1v) is 11.9. The molecule has 1 atom stereocenters. The summed E-state index contributed by atoms with van der Waals surface area (Å²) in [6.07, 6.45) is 1.34. The molecule has 1 saturated heterocycles. The molecule has 0 saturated carbocycles. The van der Waals surface area contributed by atoms with Crippen molar-refractivity contribution < 1.29 is 9.53 Å². The number of carbonyl (C=O) groups excluding carboxylic acids is 1. The minimum absolute atomic E-state index is 0.124. The molecule has 34 heavy (non-hydrogen) atoms. The summed E-state index contributed by atoms with van der Waals surface area (Å²) >= 11 is 0. The Bertz CT molecular complexity index is 1170. The fraction of sp³-hybridized carbons (Fsp3) is 0.370.